The van der Waals surface area contributed by atoms with Crippen LogP contribution in [0.5, 0.6) is 11.5 Å². The van der Waals surface area contributed by atoms with Gasteiger partial charge in [-0.2, -0.15) is 8.78 Å². The first-order valence-electron chi connectivity index (χ1n) is 4.82. The summed E-state index contributed by atoms with van der Waals surface area (Å²) in [5.41, 5.74) is 0. The quantitative estimate of drug-likeness (QED) is 0.779. The molecule has 0 radical (unpaired) electrons. The van der Waals surface area contributed by atoms with E-state index in [0.29, 0.717) is 4.47 Å². The first-order valence-corrected chi connectivity index (χ1v) is 6.41. The molecule has 8 heteroatoms. The summed E-state index contributed by atoms with van der Waals surface area (Å²) in [6.07, 6.45) is 5.69. The predicted molar refractivity (Wildman–Crippen MR) is 78.9 cm³/mol. The van der Waals surface area contributed by atoms with Crippen molar-refractivity contribution in [2.24, 2.45) is 0 Å². The zero-order valence-corrected chi connectivity index (χ0v) is 12.5. The molecule has 2 aromatic rings. The van der Waals surface area contributed by atoms with Crippen LogP contribution in [-0.2, 0) is 0 Å². The van der Waals surface area contributed by atoms with Gasteiger partial charge in [0, 0.05) is 21.3 Å². The lowest BCUT2D eigenvalue weighted by Gasteiger charge is -2.02. The summed E-state index contributed by atoms with van der Waals surface area (Å²) in [6, 6.07) is 2.99. The molecule has 20 heavy (non-hydrogen) atoms. The molecule has 2 aromatic heterocycles. The molecule has 0 saturated heterocycles. The Morgan fingerprint density at radius 3 is 1.95 bits per heavy atom. The Hall–Kier alpha value is -1.28. The van der Waals surface area contributed by atoms with E-state index in [0.717, 1.165) is 4.47 Å². The van der Waals surface area contributed by atoms with E-state index in [2.05, 4.69) is 46.6 Å². The number of hydrogen-bond acceptors (Lipinski definition) is 4. The zero-order valence-electron chi connectivity index (χ0n) is 9.30. The van der Waals surface area contributed by atoms with Crippen LogP contribution in [0.2, 0.25) is 0 Å². The minimum absolute atomic E-state index is 0. The third-order valence-electron chi connectivity index (χ3n) is 1.60. The van der Waals surface area contributed by atoms with Gasteiger partial charge in [-0.25, -0.2) is 0 Å². The fourth-order valence-electron chi connectivity index (χ4n) is 0.960. The van der Waals surface area contributed by atoms with Gasteiger partial charge < -0.3 is 9.84 Å². The third kappa shape index (κ3) is 8.00. The van der Waals surface area contributed by atoms with Gasteiger partial charge in [-0.15, -0.1) is 0 Å². The maximum atomic E-state index is 11.6. The molecule has 0 aliphatic rings. The molecule has 0 amide bonds. The molecule has 0 fully saturated rings. The van der Waals surface area contributed by atoms with E-state index >= 15 is 0 Å². The van der Waals surface area contributed by atoms with Gasteiger partial charge in [0.15, 0.2) is 0 Å². The number of halogens is 4. The van der Waals surface area contributed by atoms with Crippen LogP contribution in [0.3, 0.4) is 0 Å². The molecular formula is C12H12Br2F2N2O2. The molecule has 0 aliphatic carbocycles. The lowest BCUT2D eigenvalue weighted by atomic mass is 10.5. The van der Waals surface area contributed by atoms with Gasteiger partial charge in [-0.3, -0.25) is 9.97 Å². The third-order valence-corrected chi connectivity index (χ3v) is 2.46. The first-order chi connectivity index (χ1) is 8.97. The van der Waals surface area contributed by atoms with Crippen molar-refractivity contribution < 1.29 is 18.6 Å². The maximum absolute atomic E-state index is 11.6. The highest BCUT2D eigenvalue weighted by atomic mass is 79.9. The van der Waals surface area contributed by atoms with E-state index in [1.807, 2.05) is 0 Å². The van der Waals surface area contributed by atoms with E-state index in [-0.39, 0.29) is 18.9 Å². The van der Waals surface area contributed by atoms with Gasteiger partial charge in [0.2, 0.25) is 0 Å². The normalized spacial score (nSPS) is 9.25. The van der Waals surface area contributed by atoms with Crippen molar-refractivity contribution in [2.45, 2.75) is 14.0 Å². The highest BCUT2D eigenvalue weighted by Crippen LogP contribution is 2.17. The van der Waals surface area contributed by atoms with Crippen LogP contribution >= 0.6 is 31.9 Å². The molecule has 2 rings (SSSR count). The van der Waals surface area contributed by atoms with Crippen molar-refractivity contribution in [3.05, 3.63) is 45.9 Å². The molecule has 0 spiro atoms. The minimum atomic E-state index is -2.80. The molecule has 0 aliphatic heterocycles. The standard InChI is InChI=1S/C6H4BrF2NO.C5H4BrNO.CH4/c7-4-1-5(3-10-2-4)11-6(8)9;6-4-1-5(8)3-7-2-4;/h1-3,6H;1-3,8H;1H4. The summed E-state index contributed by atoms with van der Waals surface area (Å²) in [5, 5.41) is 8.72. The Morgan fingerprint density at radius 1 is 1.00 bits per heavy atom. The number of pyridine rings is 2. The molecule has 2 heterocycles. The van der Waals surface area contributed by atoms with E-state index in [9.17, 15) is 8.78 Å². The Balaban J connectivity index is 0.000000359. The van der Waals surface area contributed by atoms with E-state index in [1.54, 1.807) is 12.3 Å². The second-order valence-corrected chi connectivity index (χ2v) is 4.91. The van der Waals surface area contributed by atoms with Crippen LogP contribution < -0.4 is 4.74 Å². The first kappa shape index (κ1) is 18.7. The average Bonchev–Trinajstić information content (AvgIpc) is 2.28. The maximum Gasteiger partial charge on any atom is 0.387 e. The van der Waals surface area contributed by atoms with Crippen molar-refractivity contribution in [3.8, 4) is 11.5 Å². The number of nitrogens with zero attached hydrogens (tertiary/aromatic N) is 2. The van der Waals surface area contributed by atoms with Crippen LogP contribution in [0.1, 0.15) is 7.43 Å². The lowest BCUT2D eigenvalue weighted by Crippen LogP contribution is -2.01. The van der Waals surface area contributed by atoms with Gasteiger partial charge in [0.25, 0.3) is 0 Å². The number of rotatable bonds is 2. The highest BCUT2D eigenvalue weighted by molar-refractivity contribution is 9.10. The van der Waals surface area contributed by atoms with E-state index < -0.39 is 6.61 Å². The average molecular weight is 414 g/mol. The van der Waals surface area contributed by atoms with Gasteiger partial charge in [0.05, 0.1) is 12.4 Å². The van der Waals surface area contributed by atoms with Crippen LogP contribution in [0.4, 0.5) is 8.78 Å². The molecule has 0 aromatic carbocycles. The van der Waals surface area contributed by atoms with Crippen molar-refractivity contribution in [1.29, 1.82) is 0 Å². The topological polar surface area (TPSA) is 55.2 Å². The second kappa shape index (κ2) is 9.60. The predicted octanol–water partition coefficient (Wildman–Crippen LogP) is 4.63. The van der Waals surface area contributed by atoms with Crippen molar-refractivity contribution in [3.63, 3.8) is 0 Å². The monoisotopic (exact) mass is 412 g/mol. The fourth-order valence-corrected chi connectivity index (χ4v) is 1.66. The fraction of sp³-hybridized carbons (Fsp3) is 0.167. The summed E-state index contributed by atoms with van der Waals surface area (Å²) in [7, 11) is 0. The van der Waals surface area contributed by atoms with Crippen LogP contribution in [-0.4, -0.2) is 21.7 Å². The van der Waals surface area contributed by atoms with Crippen LogP contribution in [0.15, 0.2) is 45.9 Å². The molecule has 0 saturated carbocycles. The number of aromatic hydroxyl groups is 1. The van der Waals surface area contributed by atoms with Gasteiger partial charge in [-0.05, 0) is 44.0 Å². The zero-order chi connectivity index (χ0) is 14.3. The second-order valence-electron chi connectivity index (χ2n) is 3.08. The SMILES string of the molecule is C.FC(F)Oc1cncc(Br)c1.Oc1cncc(Br)c1. The number of ether oxygens (including phenoxy) is 1. The van der Waals surface area contributed by atoms with Crippen molar-refractivity contribution >= 4 is 31.9 Å². The van der Waals surface area contributed by atoms with Gasteiger partial charge >= 0.3 is 6.61 Å². The molecule has 0 bridgehead atoms. The van der Waals surface area contributed by atoms with Gasteiger partial charge in [-0.1, -0.05) is 7.43 Å². The van der Waals surface area contributed by atoms with E-state index in [4.69, 9.17) is 5.11 Å². The molecule has 0 atom stereocenters. The highest BCUT2D eigenvalue weighted by Gasteiger charge is 2.03. The number of alkyl halides is 2. The van der Waals surface area contributed by atoms with Crippen molar-refractivity contribution in [2.75, 3.05) is 0 Å². The summed E-state index contributed by atoms with van der Waals surface area (Å²) in [4.78, 5) is 7.32. The molecular weight excluding hydrogens is 402 g/mol. The molecule has 110 valence electrons. The minimum Gasteiger partial charge on any atom is -0.506 e. The molecule has 1 N–H and O–H groups in total. The largest absolute Gasteiger partial charge is 0.506 e. The summed E-state index contributed by atoms with van der Waals surface area (Å²) >= 11 is 6.20. The molecule has 4 nitrogen and oxygen atoms in total. The Kier molecular flexibility index (Phi) is 8.98. The molecule has 0 unspecified atom stereocenters. The van der Waals surface area contributed by atoms with Crippen molar-refractivity contribution in [1.82, 2.24) is 9.97 Å². The summed E-state index contributed by atoms with van der Waals surface area (Å²) in [6.45, 7) is -2.80. The number of hydrogen-bond donors (Lipinski definition) is 1. The Labute approximate surface area is 132 Å². The lowest BCUT2D eigenvalue weighted by molar-refractivity contribution is -0.0501. The smallest absolute Gasteiger partial charge is 0.387 e. The summed E-state index contributed by atoms with van der Waals surface area (Å²) in [5.74, 6) is 0.230. The Morgan fingerprint density at radius 2 is 1.55 bits per heavy atom. The Bertz CT molecular complexity index is 513. The van der Waals surface area contributed by atoms with Gasteiger partial charge in [0.1, 0.15) is 11.5 Å². The van der Waals surface area contributed by atoms with Crippen LogP contribution in [0.25, 0.3) is 0 Å². The summed E-state index contributed by atoms with van der Waals surface area (Å²) < 4.78 is 28.6. The van der Waals surface area contributed by atoms with Crippen LogP contribution in [0, 0.1) is 0 Å². The number of aromatic nitrogens is 2. The van der Waals surface area contributed by atoms with E-state index in [1.165, 1.54) is 24.7 Å².